The average molecular weight is 330 g/mol. The molecule has 2 aliphatic rings. The molecule has 132 valence electrons. The van der Waals surface area contributed by atoms with Crippen molar-refractivity contribution in [1.82, 2.24) is 10.6 Å². The fourth-order valence-electron chi connectivity index (χ4n) is 3.33. The molecule has 3 rings (SSSR count). The first-order valence-corrected chi connectivity index (χ1v) is 9.14. The van der Waals surface area contributed by atoms with Gasteiger partial charge < -0.3 is 20.3 Å². The van der Waals surface area contributed by atoms with Crippen molar-refractivity contribution in [3.63, 3.8) is 0 Å². The van der Waals surface area contributed by atoms with Crippen LogP contribution in [0.3, 0.4) is 0 Å². The van der Waals surface area contributed by atoms with Crippen molar-refractivity contribution in [2.75, 3.05) is 38.7 Å². The van der Waals surface area contributed by atoms with Crippen molar-refractivity contribution < 1.29 is 4.74 Å². The molecule has 1 aliphatic carbocycles. The number of nitrogens with zero attached hydrogens (tertiary/aromatic N) is 2. The SMILES string of the molecule is CN=C(NCCC1CC1)NC1CCCN(c2cccc(OC)c2)C1. The lowest BCUT2D eigenvalue weighted by Gasteiger charge is -2.35. The molecule has 5 nitrogen and oxygen atoms in total. The molecule has 5 heteroatoms. The number of aliphatic imine (C=N–C) groups is 1. The molecular formula is C19H30N4O. The molecule has 2 fully saturated rings. The summed E-state index contributed by atoms with van der Waals surface area (Å²) in [4.78, 5) is 6.81. The zero-order valence-electron chi connectivity index (χ0n) is 14.9. The van der Waals surface area contributed by atoms with E-state index in [2.05, 4.69) is 38.7 Å². The Morgan fingerprint density at radius 2 is 2.21 bits per heavy atom. The number of nitrogens with one attached hydrogen (secondary N) is 2. The molecule has 0 bridgehead atoms. The van der Waals surface area contributed by atoms with Crippen LogP contribution in [0.5, 0.6) is 5.75 Å². The van der Waals surface area contributed by atoms with Gasteiger partial charge in [0.05, 0.1) is 7.11 Å². The maximum atomic E-state index is 5.35. The van der Waals surface area contributed by atoms with Gasteiger partial charge in [0, 0.05) is 44.5 Å². The molecule has 0 amide bonds. The van der Waals surface area contributed by atoms with Crippen molar-refractivity contribution in [2.45, 2.75) is 38.1 Å². The van der Waals surface area contributed by atoms with Gasteiger partial charge in [0.2, 0.25) is 0 Å². The second-order valence-electron chi connectivity index (χ2n) is 6.86. The summed E-state index contributed by atoms with van der Waals surface area (Å²) < 4.78 is 5.35. The van der Waals surface area contributed by atoms with E-state index in [1.54, 1.807) is 7.11 Å². The summed E-state index contributed by atoms with van der Waals surface area (Å²) in [5.41, 5.74) is 1.23. The minimum absolute atomic E-state index is 0.428. The normalized spacial score (nSPS) is 21.5. The second-order valence-corrected chi connectivity index (χ2v) is 6.86. The third kappa shape index (κ3) is 4.79. The number of benzene rings is 1. The van der Waals surface area contributed by atoms with E-state index in [0.717, 1.165) is 37.3 Å². The standard InChI is InChI=1S/C19H30N4O/c1-20-19(21-11-10-15-8-9-15)22-16-5-4-12-23(14-16)17-6-3-7-18(13-17)24-2/h3,6-7,13,15-16H,4-5,8-12,14H2,1-2H3,(H2,20,21,22). The van der Waals surface area contributed by atoms with E-state index in [1.807, 2.05) is 13.1 Å². The van der Waals surface area contributed by atoms with Gasteiger partial charge in [-0.3, -0.25) is 4.99 Å². The Kier molecular flexibility index (Phi) is 5.83. The van der Waals surface area contributed by atoms with Crippen LogP contribution in [0.2, 0.25) is 0 Å². The van der Waals surface area contributed by atoms with Gasteiger partial charge in [0.25, 0.3) is 0 Å². The Labute approximate surface area is 145 Å². The summed E-state index contributed by atoms with van der Waals surface area (Å²) >= 11 is 0. The maximum Gasteiger partial charge on any atom is 0.191 e. The lowest BCUT2D eigenvalue weighted by Crippen LogP contribution is -2.51. The molecule has 1 saturated carbocycles. The summed E-state index contributed by atoms with van der Waals surface area (Å²) in [7, 11) is 3.58. The van der Waals surface area contributed by atoms with E-state index < -0.39 is 0 Å². The minimum atomic E-state index is 0.428. The summed E-state index contributed by atoms with van der Waals surface area (Å²) in [6.45, 7) is 3.12. The van der Waals surface area contributed by atoms with Crippen LogP contribution in [0.25, 0.3) is 0 Å². The predicted molar refractivity (Wildman–Crippen MR) is 100 cm³/mol. The van der Waals surface area contributed by atoms with Gasteiger partial charge in [-0.15, -0.1) is 0 Å². The van der Waals surface area contributed by atoms with E-state index in [1.165, 1.54) is 37.8 Å². The summed E-state index contributed by atoms with van der Waals surface area (Å²) in [6.07, 6.45) is 6.46. The molecule has 1 unspecified atom stereocenters. The van der Waals surface area contributed by atoms with Gasteiger partial charge in [0.1, 0.15) is 5.75 Å². The Morgan fingerprint density at radius 1 is 1.33 bits per heavy atom. The lowest BCUT2D eigenvalue weighted by atomic mass is 10.0. The van der Waals surface area contributed by atoms with E-state index in [4.69, 9.17) is 4.74 Å². The number of hydrogen-bond acceptors (Lipinski definition) is 3. The largest absolute Gasteiger partial charge is 0.497 e. The van der Waals surface area contributed by atoms with Crippen LogP contribution < -0.4 is 20.3 Å². The highest BCUT2D eigenvalue weighted by Gasteiger charge is 2.22. The number of guanidine groups is 1. The van der Waals surface area contributed by atoms with E-state index >= 15 is 0 Å². The Hall–Kier alpha value is -1.91. The van der Waals surface area contributed by atoms with Crippen molar-refractivity contribution in [3.8, 4) is 5.75 Å². The fourth-order valence-corrected chi connectivity index (χ4v) is 3.33. The van der Waals surface area contributed by atoms with Gasteiger partial charge in [-0.1, -0.05) is 18.9 Å². The first-order chi connectivity index (χ1) is 11.8. The van der Waals surface area contributed by atoms with Crippen molar-refractivity contribution in [3.05, 3.63) is 24.3 Å². The van der Waals surface area contributed by atoms with Crippen LogP contribution in [0.1, 0.15) is 32.1 Å². The molecule has 0 aromatic heterocycles. The van der Waals surface area contributed by atoms with Gasteiger partial charge >= 0.3 is 0 Å². The number of hydrogen-bond donors (Lipinski definition) is 2. The van der Waals surface area contributed by atoms with Crippen LogP contribution in [-0.2, 0) is 0 Å². The van der Waals surface area contributed by atoms with E-state index in [-0.39, 0.29) is 0 Å². The molecule has 0 radical (unpaired) electrons. The topological polar surface area (TPSA) is 48.9 Å². The molecule has 0 spiro atoms. The third-order valence-corrected chi connectivity index (χ3v) is 4.95. The molecule has 1 aliphatic heterocycles. The summed E-state index contributed by atoms with van der Waals surface area (Å²) in [5.74, 6) is 2.81. The van der Waals surface area contributed by atoms with Crippen molar-refractivity contribution in [1.29, 1.82) is 0 Å². The number of anilines is 1. The smallest absolute Gasteiger partial charge is 0.191 e. The Balaban J connectivity index is 1.51. The molecular weight excluding hydrogens is 300 g/mol. The number of methoxy groups -OCH3 is 1. The monoisotopic (exact) mass is 330 g/mol. The highest BCUT2D eigenvalue weighted by Crippen LogP contribution is 2.31. The average Bonchev–Trinajstić information content (AvgIpc) is 3.45. The fraction of sp³-hybridized carbons (Fsp3) is 0.632. The van der Waals surface area contributed by atoms with Crippen LogP contribution in [-0.4, -0.2) is 45.8 Å². The van der Waals surface area contributed by atoms with Crippen molar-refractivity contribution in [2.24, 2.45) is 10.9 Å². The summed E-state index contributed by atoms with van der Waals surface area (Å²) in [6, 6.07) is 8.76. The molecule has 1 heterocycles. The minimum Gasteiger partial charge on any atom is -0.497 e. The Bertz CT molecular complexity index is 556. The Morgan fingerprint density at radius 3 is 2.96 bits per heavy atom. The van der Waals surface area contributed by atoms with Crippen LogP contribution in [0.4, 0.5) is 5.69 Å². The van der Waals surface area contributed by atoms with Gasteiger partial charge in [0.15, 0.2) is 5.96 Å². The highest BCUT2D eigenvalue weighted by molar-refractivity contribution is 5.80. The lowest BCUT2D eigenvalue weighted by molar-refractivity contribution is 0.414. The zero-order chi connectivity index (χ0) is 16.8. The van der Waals surface area contributed by atoms with Gasteiger partial charge in [-0.25, -0.2) is 0 Å². The molecule has 2 N–H and O–H groups in total. The molecule has 1 atom stereocenters. The number of ether oxygens (including phenoxy) is 1. The van der Waals surface area contributed by atoms with Gasteiger partial charge in [-0.2, -0.15) is 0 Å². The molecule has 1 aromatic rings. The van der Waals surface area contributed by atoms with Crippen LogP contribution in [0.15, 0.2) is 29.3 Å². The third-order valence-electron chi connectivity index (χ3n) is 4.95. The van der Waals surface area contributed by atoms with Gasteiger partial charge in [-0.05, 0) is 37.3 Å². The number of piperidine rings is 1. The maximum absolute atomic E-state index is 5.35. The van der Waals surface area contributed by atoms with Crippen molar-refractivity contribution >= 4 is 11.6 Å². The van der Waals surface area contributed by atoms with Crippen LogP contribution >= 0.6 is 0 Å². The highest BCUT2D eigenvalue weighted by atomic mass is 16.5. The first kappa shape index (κ1) is 16.9. The van der Waals surface area contributed by atoms with Crippen LogP contribution in [0, 0.1) is 5.92 Å². The predicted octanol–water partition coefficient (Wildman–Crippen LogP) is 2.63. The second kappa shape index (κ2) is 8.27. The molecule has 1 saturated heterocycles. The molecule has 24 heavy (non-hydrogen) atoms. The first-order valence-electron chi connectivity index (χ1n) is 9.14. The summed E-state index contributed by atoms with van der Waals surface area (Å²) in [5, 5.41) is 7.06. The van der Waals surface area contributed by atoms with E-state index in [0.29, 0.717) is 6.04 Å². The zero-order valence-corrected chi connectivity index (χ0v) is 14.9. The van der Waals surface area contributed by atoms with E-state index in [9.17, 15) is 0 Å². The molecule has 1 aromatic carbocycles. The quantitative estimate of drug-likeness (QED) is 0.622. The number of rotatable bonds is 6.